The van der Waals surface area contributed by atoms with E-state index >= 15 is 0 Å². The van der Waals surface area contributed by atoms with Crippen LogP contribution in [0.2, 0.25) is 5.02 Å². The first-order chi connectivity index (χ1) is 16.3. The number of benzene rings is 2. The van der Waals surface area contributed by atoms with Crippen molar-refractivity contribution in [2.45, 2.75) is 31.9 Å². The number of halogens is 1. The summed E-state index contributed by atoms with van der Waals surface area (Å²) < 4.78 is 2.86. The summed E-state index contributed by atoms with van der Waals surface area (Å²) in [5.74, 6) is -2.16. The van der Waals surface area contributed by atoms with Gasteiger partial charge >= 0.3 is 5.97 Å². The van der Waals surface area contributed by atoms with E-state index in [9.17, 15) is 19.8 Å². The van der Waals surface area contributed by atoms with Crippen LogP contribution in [-0.2, 0) is 24.8 Å². The van der Waals surface area contributed by atoms with Crippen molar-refractivity contribution in [1.29, 1.82) is 0 Å². The number of aliphatic hydroxyl groups is 1. The second-order valence-corrected chi connectivity index (χ2v) is 8.65. The largest absolute Gasteiger partial charge is 0.481 e. The number of carbonyl (C=O) groups is 1. The van der Waals surface area contributed by atoms with Gasteiger partial charge in [0.15, 0.2) is 0 Å². The smallest absolute Gasteiger partial charge is 0.309 e. The summed E-state index contributed by atoms with van der Waals surface area (Å²) in [7, 11) is 1.86. The van der Waals surface area contributed by atoms with Crippen LogP contribution < -0.4 is 5.56 Å². The summed E-state index contributed by atoms with van der Waals surface area (Å²) in [6.45, 7) is 0.0260. The van der Waals surface area contributed by atoms with Crippen LogP contribution in [0.3, 0.4) is 0 Å². The minimum Gasteiger partial charge on any atom is -0.481 e. The number of rotatable bonds is 9. The maximum Gasteiger partial charge on any atom is 0.309 e. The average molecular weight is 482 g/mol. The van der Waals surface area contributed by atoms with Gasteiger partial charge in [0.05, 0.1) is 23.6 Å². The van der Waals surface area contributed by atoms with Crippen molar-refractivity contribution in [3.8, 4) is 11.1 Å². The predicted octanol–water partition coefficient (Wildman–Crippen LogP) is 2.93. The van der Waals surface area contributed by atoms with Gasteiger partial charge in [-0.25, -0.2) is 4.68 Å². The molecule has 0 amide bonds. The number of aromatic nitrogens is 5. The first-order valence-electron chi connectivity index (χ1n) is 10.8. The molecule has 0 bridgehead atoms. The minimum absolute atomic E-state index is 0.0260. The summed E-state index contributed by atoms with van der Waals surface area (Å²) in [4.78, 5) is 24.4. The van der Waals surface area contributed by atoms with Crippen molar-refractivity contribution < 1.29 is 15.0 Å². The fourth-order valence-corrected chi connectivity index (χ4v) is 4.05. The standard InChI is InChI=1S/C24H24ClN5O4/c1-29-14-17(13-26-29)16-5-2-15(3-6-16)4-9-22(31)20(24(33)34)10-11-30-23(32)19-8-7-18(25)12-21(19)27-28-30/h2-3,5-8,12-14,20,22,31H,4,9-11H2,1H3,(H,33,34)/t20-,22+/m0/s1. The highest BCUT2D eigenvalue weighted by atomic mass is 35.5. The lowest BCUT2D eigenvalue weighted by atomic mass is 9.93. The topological polar surface area (TPSA) is 123 Å². The lowest BCUT2D eigenvalue weighted by Crippen LogP contribution is -2.32. The molecule has 2 aromatic carbocycles. The highest BCUT2D eigenvalue weighted by Gasteiger charge is 2.26. The molecule has 34 heavy (non-hydrogen) atoms. The number of aryl methyl sites for hydroxylation is 3. The summed E-state index contributed by atoms with van der Waals surface area (Å²) in [6.07, 6.45) is 3.49. The molecule has 176 valence electrons. The molecule has 2 aromatic heterocycles. The van der Waals surface area contributed by atoms with Gasteiger partial charge < -0.3 is 10.2 Å². The number of nitrogens with zero attached hydrogens (tertiary/aromatic N) is 5. The quantitative estimate of drug-likeness (QED) is 0.376. The second-order valence-electron chi connectivity index (χ2n) is 8.22. The highest BCUT2D eigenvalue weighted by molar-refractivity contribution is 6.31. The van der Waals surface area contributed by atoms with E-state index in [1.807, 2.05) is 37.5 Å². The van der Waals surface area contributed by atoms with Crippen LogP contribution in [0.25, 0.3) is 22.0 Å². The number of carboxylic acid groups (broad SMARTS) is 1. The van der Waals surface area contributed by atoms with Crippen LogP contribution >= 0.6 is 11.6 Å². The molecule has 2 N–H and O–H groups in total. The van der Waals surface area contributed by atoms with Crippen molar-refractivity contribution in [2.24, 2.45) is 13.0 Å². The molecule has 0 aliphatic carbocycles. The summed E-state index contributed by atoms with van der Waals surface area (Å²) >= 11 is 5.92. The molecule has 10 heteroatoms. The Morgan fingerprint density at radius 2 is 1.88 bits per heavy atom. The Kier molecular flexibility index (Phi) is 7.04. The molecule has 4 aromatic rings. The monoisotopic (exact) mass is 481 g/mol. The molecule has 0 spiro atoms. The van der Waals surface area contributed by atoms with Crippen molar-refractivity contribution in [2.75, 3.05) is 0 Å². The van der Waals surface area contributed by atoms with Gasteiger partial charge in [-0.3, -0.25) is 14.3 Å². The van der Waals surface area contributed by atoms with E-state index in [1.54, 1.807) is 29.1 Å². The van der Waals surface area contributed by atoms with E-state index < -0.39 is 18.0 Å². The fraction of sp³-hybridized carbons (Fsp3) is 0.292. The molecular weight excluding hydrogens is 458 g/mol. The van der Waals surface area contributed by atoms with Crippen LogP contribution in [-0.4, -0.2) is 47.1 Å². The molecule has 4 rings (SSSR count). The highest BCUT2D eigenvalue weighted by Crippen LogP contribution is 2.21. The first-order valence-corrected chi connectivity index (χ1v) is 11.2. The summed E-state index contributed by atoms with van der Waals surface area (Å²) in [5.41, 5.74) is 3.03. The van der Waals surface area contributed by atoms with E-state index in [2.05, 4.69) is 15.4 Å². The lowest BCUT2D eigenvalue weighted by molar-refractivity contribution is -0.146. The molecule has 0 saturated heterocycles. The second kappa shape index (κ2) is 10.1. The van der Waals surface area contributed by atoms with Gasteiger partial charge in [0.1, 0.15) is 5.52 Å². The van der Waals surface area contributed by atoms with E-state index in [4.69, 9.17) is 11.6 Å². The number of fused-ring (bicyclic) bond motifs is 1. The van der Waals surface area contributed by atoms with Crippen LogP contribution in [0.4, 0.5) is 0 Å². The van der Waals surface area contributed by atoms with Gasteiger partial charge in [0, 0.05) is 30.4 Å². The molecule has 2 atom stereocenters. The molecule has 0 saturated carbocycles. The Bertz CT molecular complexity index is 1370. The first kappa shape index (κ1) is 23.6. The number of hydrogen-bond donors (Lipinski definition) is 2. The lowest BCUT2D eigenvalue weighted by Gasteiger charge is -2.19. The van der Waals surface area contributed by atoms with Gasteiger partial charge in [-0.15, -0.1) is 5.10 Å². The van der Waals surface area contributed by atoms with Crippen molar-refractivity contribution in [3.63, 3.8) is 0 Å². The van der Waals surface area contributed by atoms with Crippen LogP contribution in [0.5, 0.6) is 0 Å². The van der Waals surface area contributed by atoms with E-state index in [-0.39, 0.29) is 24.9 Å². The molecule has 9 nitrogen and oxygen atoms in total. The molecule has 0 aliphatic rings. The zero-order valence-corrected chi connectivity index (χ0v) is 19.3. The van der Waals surface area contributed by atoms with Crippen LogP contribution in [0.15, 0.2) is 59.7 Å². The Morgan fingerprint density at radius 1 is 1.12 bits per heavy atom. The molecule has 0 unspecified atom stereocenters. The Morgan fingerprint density at radius 3 is 2.56 bits per heavy atom. The maximum absolute atomic E-state index is 12.6. The van der Waals surface area contributed by atoms with Crippen molar-refractivity contribution >= 4 is 28.5 Å². The zero-order valence-electron chi connectivity index (χ0n) is 18.5. The third-order valence-corrected chi connectivity index (χ3v) is 6.07. The zero-order chi connectivity index (χ0) is 24.2. The molecule has 0 fully saturated rings. The number of carboxylic acids is 1. The van der Waals surface area contributed by atoms with Crippen molar-refractivity contribution in [1.82, 2.24) is 24.8 Å². The van der Waals surface area contributed by atoms with Crippen molar-refractivity contribution in [3.05, 3.63) is 75.8 Å². The third-order valence-electron chi connectivity index (χ3n) is 5.84. The maximum atomic E-state index is 12.6. The average Bonchev–Trinajstić information content (AvgIpc) is 3.25. The SMILES string of the molecule is Cn1cc(-c2ccc(CC[C@@H](O)[C@H](CCn3nnc4cc(Cl)ccc4c3=O)C(=O)O)cc2)cn1. The predicted molar refractivity (Wildman–Crippen MR) is 128 cm³/mol. The Labute approximate surface area is 200 Å². The Hall–Kier alpha value is -3.56. The van der Waals surface area contributed by atoms with Crippen LogP contribution in [0.1, 0.15) is 18.4 Å². The number of aliphatic hydroxyl groups excluding tert-OH is 1. The molecule has 2 heterocycles. The van der Waals surface area contributed by atoms with Gasteiger partial charge in [-0.1, -0.05) is 41.1 Å². The number of hydrogen-bond acceptors (Lipinski definition) is 6. The summed E-state index contributed by atoms with van der Waals surface area (Å²) in [5, 5.41) is 33.1. The molecule has 0 aliphatic heterocycles. The molecular formula is C24H24ClN5O4. The van der Waals surface area contributed by atoms with Gasteiger partial charge in [-0.2, -0.15) is 5.10 Å². The normalized spacial score (nSPS) is 13.1. The van der Waals surface area contributed by atoms with Crippen LogP contribution in [0, 0.1) is 5.92 Å². The Balaban J connectivity index is 1.38. The van der Waals surface area contributed by atoms with E-state index in [0.717, 1.165) is 21.4 Å². The van der Waals surface area contributed by atoms with Gasteiger partial charge in [0.25, 0.3) is 5.56 Å². The van der Waals surface area contributed by atoms with Gasteiger partial charge in [0.2, 0.25) is 0 Å². The fourth-order valence-electron chi connectivity index (χ4n) is 3.89. The van der Waals surface area contributed by atoms with Gasteiger partial charge in [-0.05, 0) is 48.6 Å². The van der Waals surface area contributed by atoms with E-state index in [1.165, 1.54) is 0 Å². The minimum atomic E-state index is -1.12. The third kappa shape index (κ3) is 5.32. The van der Waals surface area contributed by atoms with E-state index in [0.29, 0.717) is 22.3 Å². The molecule has 0 radical (unpaired) electrons. The summed E-state index contributed by atoms with van der Waals surface area (Å²) in [6, 6.07) is 12.6. The number of aliphatic carboxylic acids is 1.